The van der Waals surface area contributed by atoms with Crippen LogP contribution in [0, 0.1) is 5.92 Å². The van der Waals surface area contributed by atoms with E-state index in [9.17, 15) is 4.79 Å². The predicted octanol–water partition coefficient (Wildman–Crippen LogP) is 3.14. The van der Waals surface area contributed by atoms with Crippen molar-refractivity contribution in [3.8, 4) is 5.75 Å². The lowest BCUT2D eigenvalue weighted by Crippen LogP contribution is -2.41. The van der Waals surface area contributed by atoms with Crippen LogP contribution in [0.25, 0.3) is 0 Å². The summed E-state index contributed by atoms with van der Waals surface area (Å²) in [6, 6.07) is 6.16. The molecule has 0 atom stereocenters. The van der Waals surface area contributed by atoms with Crippen molar-refractivity contribution in [3.05, 3.63) is 23.8 Å². The highest BCUT2D eigenvalue weighted by Gasteiger charge is 2.23. The number of anilines is 1. The number of carbonyl (C=O) groups is 1. The quantitative estimate of drug-likeness (QED) is 0.907. The summed E-state index contributed by atoms with van der Waals surface area (Å²) in [6.45, 7) is 2.19. The minimum atomic E-state index is 0.134. The molecular weight excluding hydrogens is 288 g/mol. The molecule has 1 aromatic carbocycles. The summed E-state index contributed by atoms with van der Waals surface area (Å²) in [6.07, 6.45) is 8.67. The second-order valence-corrected chi connectivity index (χ2v) is 6.80. The van der Waals surface area contributed by atoms with Gasteiger partial charge >= 0.3 is 0 Å². The van der Waals surface area contributed by atoms with Crippen molar-refractivity contribution in [1.29, 1.82) is 0 Å². The van der Waals surface area contributed by atoms with E-state index in [1.165, 1.54) is 37.7 Å². The Morgan fingerprint density at radius 2 is 2.09 bits per heavy atom. The molecule has 0 aromatic heterocycles. The Morgan fingerprint density at radius 1 is 1.26 bits per heavy atom. The van der Waals surface area contributed by atoms with Crippen LogP contribution in [0.15, 0.2) is 18.2 Å². The summed E-state index contributed by atoms with van der Waals surface area (Å²) in [7, 11) is 1.70. The van der Waals surface area contributed by atoms with Crippen LogP contribution < -0.4 is 15.0 Å². The van der Waals surface area contributed by atoms with Gasteiger partial charge in [0.2, 0.25) is 5.91 Å². The van der Waals surface area contributed by atoms with E-state index in [-0.39, 0.29) is 5.91 Å². The molecule has 4 heteroatoms. The zero-order valence-corrected chi connectivity index (χ0v) is 14.1. The van der Waals surface area contributed by atoms with Crippen LogP contribution in [-0.2, 0) is 11.2 Å². The topological polar surface area (TPSA) is 41.6 Å². The molecule has 1 saturated carbocycles. The largest absolute Gasteiger partial charge is 0.495 e. The van der Waals surface area contributed by atoms with Crippen molar-refractivity contribution in [3.63, 3.8) is 0 Å². The van der Waals surface area contributed by atoms with Crippen molar-refractivity contribution >= 4 is 11.6 Å². The zero-order chi connectivity index (χ0) is 16.1. The highest BCUT2D eigenvalue weighted by Crippen LogP contribution is 2.35. The van der Waals surface area contributed by atoms with Gasteiger partial charge in [-0.1, -0.05) is 31.4 Å². The van der Waals surface area contributed by atoms with Gasteiger partial charge in [0, 0.05) is 13.1 Å². The summed E-state index contributed by atoms with van der Waals surface area (Å²) in [5, 5.41) is 3.15. The van der Waals surface area contributed by atoms with Crippen LogP contribution in [0.2, 0.25) is 0 Å². The maximum Gasteiger partial charge on any atom is 0.239 e. The molecule has 1 N–H and O–H groups in total. The molecule has 0 unspecified atom stereocenters. The molecule has 2 aliphatic rings. The second kappa shape index (κ2) is 7.71. The number of fused-ring (bicyclic) bond motifs is 1. The van der Waals surface area contributed by atoms with Crippen molar-refractivity contribution < 1.29 is 9.53 Å². The van der Waals surface area contributed by atoms with Gasteiger partial charge in [0.15, 0.2) is 0 Å². The Bertz CT molecular complexity index is 524. The summed E-state index contributed by atoms with van der Waals surface area (Å²) in [5.41, 5.74) is 2.39. The molecule has 23 heavy (non-hydrogen) atoms. The van der Waals surface area contributed by atoms with Gasteiger partial charge in [0.1, 0.15) is 5.75 Å². The minimum Gasteiger partial charge on any atom is -0.495 e. The second-order valence-electron chi connectivity index (χ2n) is 6.80. The first-order valence-electron chi connectivity index (χ1n) is 8.95. The first-order chi connectivity index (χ1) is 11.3. The summed E-state index contributed by atoms with van der Waals surface area (Å²) in [4.78, 5) is 14.5. The number of benzene rings is 1. The average Bonchev–Trinajstić information content (AvgIpc) is 2.60. The molecule has 1 heterocycles. The average molecular weight is 316 g/mol. The standard InChI is InChI=1S/C19H28N2O2/c1-23-17-11-5-9-16-10-6-12-21(19(16)17)14-18(22)20-13-15-7-3-2-4-8-15/h5,9,11,15H,2-4,6-8,10,12-14H2,1H3,(H,20,22). The molecule has 0 saturated heterocycles. The fourth-order valence-corrected chi connectivity index (χ4v) is 3.90. The van der Waals surface area contributed by atoms with Gasteiger partial charge in [-0.2, -0.15) is 0 Å². The van der Waals surface area contributed by atoms with Gasteiger partial charge in [-0.05, 0) is 43.2 Å². The fraction of sp³-hybridized carbons (Fsp3) is 0.632. The highest BCUT2D eigenvalue weighted by atomic mass is 16.5. The summed E-state index contributed by atoms with van der Waals surface area (Å²) in [5.74, 6) is 1.69. The van der Waals surface area contributed by atoms with E-state index in [1.54, 1.807) is 7.11 Å². The van der Waals surface area contributed by atoms with E-state index < -0.39 is 0 Å². The minimum absolute atomic E-state index is 0.134. The smallest absolute Gasteiger partial charge is 0.239 e. The van der Waals surface area contributed by atoms with Gasteiger partial charge in [-0.15, -0.1) is 0 Å². The molecule has 1 aliphatic heterocycles. The van der Waals surface area contributed by atoms with Crippen LogP contribution in [0.5, 0.6) is 5.75 Å². The SMILES string of the molecule is COc1cccc2c1N(CC(=O)NCC1CCCCC1)CCC2. The highest BCUT2D eigenvalue weighted by molar-refractivity contribution is 5.83. The number of rotatable bonds is 5. The summed E-state index contributed by atoms with van der Waals surface area (Å²) < 4.78 is 5.51. The number of amides is 1. The molecule has 0 radical (unpaired) electrons. The number of carbonyl (C=O) groups excluding carboxylic acids is 1. The molecule has 0 spiro atoms. The Morgan fingerprint density at radius 3 is 2.87 bits per heavy atom. The van der Waals surface area contributed by atoms with Gasteiger partial charge in [-0.3, -0.25) is 4.79 Å². The first-order valence-corrected chi connectivity index (χ1v) is 8.95. The van der Waals surface area contributed by atoms with Crippen LogP contribution in [0.1, 0.15) is 44.1 Å². The number of hydrogen-bond donors (Lipinski definition) is 1. The van der Waals surface area contributed by atoms with Gasteiger partial charge < -0.3 is 15.0 Å². The summed E-state index contributed by atoms with van der Waals surface area (Å²) >= 11 is 0. The van der Waals surface area contributed by atoms with Crippen LogP contribution in [0.3, 0.4) is 0 Å². The number of hydrogen-bond acceptors (Lipinski definition) is 3. The lowest BCUT2D eigenvalue weighted by Gasteiger charge is -2.32. The Kier molecular flexibility index (Phi) is 5.42. The first kappa shape index (κ1) is 16.2. The Balaban J connectivity index is 1.59. The van der Waals surface area contributed by atoms with Crippen molar-refractivity contribution in [2.24, 2.45) is 5.92 Å². The Hall–Kier alpha value is -1.71. The molecular formula is C19H28N2O2. The normalized spacial score (nSPS) is 18.4. The molecule has 3 rings (SSSR count). The van der Waals surface area contributed by atoms with E-state index in [2.05, 4.69) is 16.3 Å². The van der Waals surface area contributed by atoms with Crippen LogP contribution >= 0.6 is 0 Å². The lowest BCUT2D eigenvalue weighted by atomic mass is 9.89. The van der Waals surface area contributed by atoms with Gasteiger partial charge in [-0.25, -0.2) is 0 Å². The fourth-order valence-electron chi connectivity index (χ4n) is 3.90. The van der Waals surface area contributed by atoms with E-state index in [0.29, 0.717) is 12.5 Å². The number of aryl methyl sites for hydroxylation is 1. The maximum absolute atomic E-state index is 12.4. The van der Waals surface area contributed by atoms with Crippen molar-refractivity contribution in [2.45, 2.75) is 44.9 Å². The molecule has 1 amide bonds. The molecule has 1 aliphatic carbocycles. The third kappa shape index (κ3) is 3.98. The van der Waals surface area contributed by atoms with Gasteiger partial charge in [0.25, 0.3) is 0 Å². The number of nitrogens with one attached hydrogen (secondary N) is 1. The van der Waals surface area contributed by atoms with E-state index in [0.717, 1.165) is 37.4 Å². The lowest BCUT2D eigenvalue weighted by molar-refractivity contribution is -0.120. The maximum atomic E-state index is 12.4. The van der Waals surface area contributed by atoms with Crippen LogP contribution in [0.4, 0.5) is 5.69 Å². The van der Waals surface area contributed by atoms with E-state index in [1.807, 2.05) is 12.1 Å². The third-order valence-corrected chi connectivity index (χ3v) is 5.14. The van der Waals surface area contributed by atoms with E-state index >= 15 is 0 Å². The van der Waals surface area contributed by atoms with Crippen LogP contribution in [-0.4, -0.2) is 32.7 Å². The zero-order valence-electron chi connectivity index (χ0n) is 14.1. The van der Waals surface area contributed by atoms with Crippen molar-refractivity contribution in [2.75, 3.05) is 31.6 Å². The molecule has 1 fully saturated rings. The monoisotopic (exact) mass is 316 g/mol. The molecule has 4 nitrogen and oxygen atoms in total. The molecule has 1 aromatic rings. The molecule has 126 valence electrons. The number of nitrogens with zero attached hydrogens (tertiary/aromatic N) is 1. The Labute approximate surface area is 139 Å². The van der Waals surface area contributed by atoms with Crippen molar-refractivity contribution in [1.82, 2.24) is 5.32 Å². The predicted molar refractivity (Wildman–Crippen MR) is 93.1 cm³/mol. The number of methoxy groups -OCH3 is 1. The van der Waals surface area contributed by atoms with Gasteiger partial charge in [0.05, 0.1) is 19.3 Å². The van der Waals surface area contributed by atoms with E-state index in [4.69, 9.17) is 4.74 Å². The third-order valence-electron chi connectivity index (χ3n) is 5.14. The number of para-hydroxylation sites is 1. The number of ether oxygens (including phenoxy) is 1. The molecule has 0 bridgehead atoms.